The van der Waals surface area contributed by atoms with Gasteiger partial charge in [0.1, 0.15) is 0 Å². The Morgan fingerprint density at radius 3 is 2.26 bits per heavy atom. The first-order chi connectivity index (χ1) is 13.3. The van der Waals surface area contributed by atoms with Gasteiger partial charge in [-0.1, -0.05) is 78.9 Å². The lowest BCUT2D eigenvalue weighted by atomic mass is 10.1. The van der Waals surface area contributed by atoms with E-state index in [2.05, 4.69) is 70.5 Å². The van der Waals surface area contributed by atoms with E-state index in [9.17, 15) is 5.11 Å². The van der Waals surface area contributed by atoms with E-state index in [-0.39, 0.29) is 0 Å². The molecule has 0 saturated heterocycles. The van der Waals surface area contributed by atoms with Gasteiger partial charge in [0.15, 0.2) is 0 Å². The Bertz CT molecular complexity index is 993. The Morgan fingerprint density at radius 2 is 1.48 bits per heavy atom. The lowest BCUT2D eigenvalue weighted by molar-refractivity contribution is 0.153. The molecule has 4 rings (SSSR count). The molecule has 1 heterocycles. The second-order valence-corrected chi connectivity index (χ2v) is 6.84. The summed E-state index contributed by atoms with van der Waals surface area (Å²) in [4.78, 5) is 0. The van der Waals surface area contributed by atoms with Crippen LogP contribution in [-0.4, -0.2) is 22.3 Å². The van der Waals surface area contributed by atoms with Gasteiger partial charge in [-0.2, -0.15) is 0 Å². The van der Waals surface area contributed by atoms with Crippen LogP contribution < -0.4 is 5.32 Å². The van der Waals surface area contributed by atoms with Crippen molar-refractivity contribution in [1.82, 2.24) is 9.88 Å². The molecule has 0 aliphatic rings. The van der Waals surface area contributed by atoms with Crippen LogP contribution in [-0.2, 0) is 13.1 Å². The Labute approximate surface area is 159 Å². The Balaban J connectivity index is 1.52. The largest absolute Gasteiger partial charge is 0.390 e. The zero-order valence-electron chi connectivity index (χ0n) is 15.3. The molecule has 0 radical (unpaired) electrons. The number of para-hydroxylation sites is 1. The number of aliphatic hydroxyl groups excluding tert-OH is 1. The van der Waals surface area contributed by atoms with Gasteiger partial charge >= 0.3 is 0 Å². The van der Waals surface area contributed by atoms with E-state index in [1.54, 1.807) is 0 Å². The van der Waals surface area contributed by atoms with E-state index in [0.29, 0.717) is 13.1 Å². The van der Waals surface area contributed by atoms with Crippen molar-refractivity contribution in [1.29, 1.82) is 0 Å². The smallest absolute Gasteiger partial charge is 0.0843 e. The Kier molecular flexibility index (Phi) is 5.33. The fraction of sp³-hybridized carbons (Fsp3) is 0.167. The summed E-state index contributed by atoms with van der Waals surface area (Å²) >= 11 is 0. The van der Waals surface area contributed by atoms with Gasteiger partial charge in [-0.15, -0.1) is 0 Å². The van der Waals surface area contributed by atoms with Crippen LogP contribution >= 0.6 is 0 Å². The zero-order valence-corrected chi connectivity index (χ0v) is 15.3. The van der Waals surface area contributed by atoms with Crippen molar-refractivity contribution in [3.63, 3.8) is 0 Å². The number of nitrogens with one attached hydrogen (secondary N) is 1. The maximum Gasteiger partial charge on any atom is 0.0843 e. The molecule has 3 aromatic carbocycles. The van der Waals surface area contributed by atoms with Crippen molar-refractivity contribution < 1.29 is 5.11 Å². The molecular weight excluding hydrogens is 332 g/mol. The van der Waals surface area contributed by atoms with Crippen molar-refractivity contribution >= 4 is 10.9 Å². The van der Waals surface area contributed by atoms with Gasteiger partial charge < -0.3 is 15.0 Å². The number of nitrogens with zero attached hydrogens (tertiary/aromatic N) is 1. The fourth-order valence-electron chi connectivity index (χ4n) is 3.51. The lowest BCUT2D eigenvalue weighted by Crippen LogP contribution is -2.30. The highest BCUT2D eigenvalue weighted by Gasteiger charge is 2.13. The summed E-state index contributed by atoms with van der Waals surface area (Å²) in [7, 11) is 0. The molecule has 0 saturated carbocycles. The standard InChI is InChI=1S/C24H24N2O/c27-22(17-25-16-19-9-3-1-4-10-19)18-26-23-14-8-7-13-21(23)15-24(26)20-11-5-2-6-12-20/h1-15,22,25,27H,16-18H2/t22-/m0/s1. The topological polar surface area (TPSA) is 37.2 Å². The zero-order chi connectivity index (χ0) is 18.5. The average Bonchev–Trinajstić information content (AvgIpc) is 3.08. The molecule has 3 heteroatoms. The quantitative estimate of drug-likeness (QED) is 0.513. The van der Waals surface area contributed by atoms with E-state index in [4.69, 9.17) is 0 Å². The summed E-state index contributed by atoms with van der Waals surface area (Å²) in [5.74, 6) is 0. The minimum atomic E-state index is -0.466. The monoisotopic (exact) mass is 356 g/mol. The predicted molar refractivity (Wildman–Crippen MR) is 112 cm³/mol. The van der Waals surface area contributed by atoms with Gasteiger partial charge in [0.05, 0.1) is 12.6 Å². The Hall–Kier alpha value is -2.88. The second-order valence-electron chi connectivity index (χ2n) is 6.84. The molecule has 0 amide bonds. The van der Waals surface area contributed by atoms with Crippen molar-refractivity contribution in [2.75, 3.05) is 6.54 Å². The summed E-state index contributed by atoms with van der Waals surface area (Å²) in [5, 5.41) is 15.2. The lowest BCUT2D eigenvalue weighted by Gasteiger charge is -2.17. The number of benzene rings is 3. The highest BCUT2D eigenvalue weighted by Crippen LogP contribution is 2.28. The third-order valence-corrected chi connectivity index (χ3v) is 4.83. The third kappa shape index (κ3) is 4.11. The molecule has 0 bridgehead atoms. The Morgan fingerprint density at radius 1 is 0.815 bits per heavy atom. The first-order valence-electron chi connectivity index (χ1n) is 9.37. The van der Waals surface area contributed by atoms with Crippen LogP contribution in [0.3, 0.4) is 0 Å². The number of hydrogen-bond donors (Lipinski definition) is 2. The van der Waals surface area contributed by atoms with E-state index >= 15 is 0 Å². The summed E-state index contributed by atoms with van der Waals surface area (Å²) in [5.41, 5.74) is 4.68. The predicted octanol–water partition coefficient (Wildman–Crippen LogP) is 4.46. The van der Waals surface area contributed by atoms with Crippen LogP contribution in [0.5, 0.6) is 0 Å². The third-order valence-electron chi connectivity index (χ3n) is 4.83. The summed E-state index contributed by atoms with van der Waals surface area (Å²) in [6.07, 6.45) is -0.466. The van der Waals surface area contributed by atoms with Gasteiger partial charge in [0.25, 0.3) is 0 Å². The number of fused-ring (bicyclic) bond motifs is 1. The normalized spacial score (nSPS) is 12.3. The molecule has 1 atom stereocenters. The molecular formula is C24H24N2O. The van der Waals surface area contributed by atoms with Crippen LogP contribution in [0.15, 0.2) is 91.0 Å². The molecule has 2 N–H and O–H groups in total. The molecule has 0 unspecified atom stereocenters. The van der Waals surface area contributed by atoms with Gasteiger partial charge in [-0.05, 0) is 23.3 Å². The molecule has 0 aliphatic heterocycles. The van der Waals surface area contributed by atoms with Gasteiger partial charge in [-0.3, -0.25) is 0 Å². The van der Waals surface area contributed by atoms with E-state index in [1.807, 2.05) is 30.3 Å². The summed E-state index contributed by atoms with van der Waals surface area (Å²) < 4.78 is 2.22. The minimum Gasteiger partial charge on any atom is -0.390 e. The second kappa shape index (κ2) is 8.21. The van der Waals surface area contributed by atoms with E-state index in [1.165, 1.54) is 10.9 Å². The van der Waals surface area contributed by atoms with Crippen LogP contribution in [0.4, 0.5) is 0 Å². The molecule has 0 spiro atoms. The molecule has 27 heavy (non-hydrogen) atoms. The maximum absolute atomic E-state index is 10.6. The molecule has 4 aromatic rings. The van der Waals surface area contributed by atoms with Crippen molar-refractivity contribution in [2.45, 2.75) is 19.2 Å². The molecule has 0 aliphatic carbocycles. The average molecular weight is 356 g/mol. The number of aliphatic hydroxyl groups is 1. The molecule has 136 valence electrons. The molecule has 0 fully saturated rings. The van der Waals surface area contributed by atoms with Crippen LogP contribution in [0.25, 0.3) is 22.2 Å². The van der Waals surface area contributed by atoms with Crippen molar-refractivity contribution in [3.8, 4) is 11.3 Å². The van der Waals surface area contributed by atoms with Crippen LogP contribution in [0.2, 0.25) is 0 Å². The van der Waals surface area contributed by atoms with Crippen molar-refractivity contribution in [2.24, 2.45) is 0 Å². The van der Waals surface area contributed by atoms with Crippen LogP contribution in [0, 0.1) is 0 Å². The number of rotatable bonds is 7. The van der Waals surface area contributed by atoms with Crippen LogP contribution in [0.1, 0.15) is 5.56 Å². The SMILES string of the molecule is O[C@@H](CNCc1ccccc1)Cn1c(-c2ccccc2)cc2ccccc21. The highest BCUT2D eigenvalue weighted by atomic mass is 16.3. The van der Waals surface area contributed by atoms with Gasteiger partial charge in [0, 0.05) is 29.7 Å². The summed E-state index contributed by atoms with van der Waals surface area (Å²) in [6.45, 7) is 1.87. The highest BCUT2D eigenvalue weighted by molar-refractivity contribution is 5.87. The molecule has 3 nitrogen and oxygen atoms in total. The first kappa shape index (κ1) is 17.5. The summed E-state index contributed by atoms with van der Waals surface area (Å²) in [6, 6.07) is 31.2. The first-order valence-corrected chi connectivity index (χ1v) is 9.37. The maximum atomic E-state index is 10.6. The number of aromatic nitrogens is 1. The van der Waals surface area contributed by atoms with E-state index < -0.39 is 6.10 Å². The van der Waals surface area contributed by atoms with Gasteiger partial charge in [0.2, 0.25) is 0 Å². The minimum absolute atomic E-state index is 0.466. The fourth-order valence-corrected chi connectivity index (χ4v) is 3.51. The van der Waals surface area contributed by atoms with E-state index in [0.717, 1.165) is 23.3 Å². The molecule has 1 aromatic heterocycles. The van der Waals surface area contributed by atoms with Crippen molar-refractivity contribution in [3.05, 3.63) is 96.6 Å². The van der Waals surface area contributed by atoms with Gasteiger partial charge in [-0.25, -0.2) is 0 Å². The number of hydrogen-bond acceptors (Lipinski definition) is 2.